The lowest BCUT2D eigenvalue weighted by atomic mass is 10.2. The highest BCUT2D eigenvalue weighted by atomic mass is 32.2. The van der Waals surface area contributed by atoms with Crippen molar-refractivity contribution in [1.82, 2.24) is 10.3 Å². The van der Waals surface area contributed by atoms with Crippen molar-refractivity contribution in [2.45, 2.75) is 17.9 Å². The van der Waals surface area contributed by atoms with Gasteiger partial charge in [-0.05, 0) is 30.3 Å². The van der Waals surface area contributed by atoms with Crippen molar-refractivity contribution < 1.29 is 22.7 Å². The molecule has 0 spiro atoms. The molecule has 30 heavy (non-hydrogen) atoms. The Bertz CT molecular complexity index is 1110. The van der Waals surface area contributed by atoms with Gasteiger partial charge in [0.2, 0.25) is 5.91 Å². The van der Waals surface area contributed by atoms with Crippen molar-refractivity contribution in [2.24, 2.45) is 0 Å². The van der Waals surface area contributed by atoms with Crippen LogP contribution >= 0.6 is 11.3 Å². The van der Waals surface area contributed by atoms with E-state index in [0.717, 1.165) is 16.9 Å². The fraction of sp³-hybridized carbons (Fsp3) is 0.200. The van der Waals surface area contributed by atoms with E-state index in [1.165, 1.54) is 19.2 Å². The summed E-state index contributed by atoms with van der Waals surface area (Å²) in [5.74, 6) is 1.03. The first-order valence-electron chi connectivity index (χ1n) is 8.91. The van der Waals surface area contributed by atoms with Gasteiger partial charge in [-0.2, -0.15) is 0 Å². The lowest BCUT2D eigenvalue weighted by Crippen LogP contribution is -2.25. The maximum Gasteiger partial charge on any atom is 0.263 e. The van der Waals surface area contributed by atoms with Crippen LogP contribution in [-0.2, 0) is 27.8 Å². The number of anilines is 1. The number of nitrogens with one attached hydrogen (secondary N) is 2. The molecule has 0 saturated carbocycles. The predicted octanol–water partition coefficient (Wildman–Crippen LogP) is 2.82. The van der Waals surface area contributed by atoms with Crippen LogP contribution in [-0.4, -0.2) is 33.5 Å². The molecule has 1 amide bonds. The van der Waals surface area contributed by atoms with Crippen LogP contribution in [0.4, 0.5) is 5.13 Å². The molecular formula is C20H21N3O5S2. The molecule has 2 N–H and O–H groups in total. The Kier molecular flexibility index (Phi) is 6.91. The molecule has 2 aromatic carbocycles. The highest BCUT2D eigenvalue weighted by molar-refractivity contribution is 7.93. The van der Waals surface area contributed by atoms with Crippen molar-refractivity contribution >= 4 is 32.4 Å². The molecule has 158 valence electrons. The van der Waals surface area contributed by atoms with Crippen LogP contribution in [0.25, 0.3) is 0 Å². The molecule has 0 fully saturated rings. The quantitative estimate of drug-likeness (QED) is 0.522. The first-order valence-corrected chi connectivity index (χ1v) is 11.3. The van der Waals surface area contributed by atoms with Gasteiger partial charge in [0.1, 0.15) is 11.5 Å². The number of benzene rings is 2. The number of amides is 1. The topological polar surface area (TPSA) is 107 Å². The summed E-state index contributed by atoms with van der Waals surface area (Å²) >= 11 is 1.12. The number of rotatable bonds is 9. The average molecular weight is 448 g/mol. The largest absolute Gasteiger partial charge is 0.497 e. The minimum absolute atomic E-state index is 0.0376. The summed E-state index contributed by atoms with van der Waals surface area (Å²) in [5, 5.41) is 4.65. The molecule has 0 atom stereocenters. The molecule has 0 aliphatic carbocycles. The molecule has 0 saturated heterocycles. The van der Waals surface area contributed by atoms with Gasteiger partial charge in [0, 0.05) is 17.5 Å². The molecule has 0 aliphatic rings. The summed E-state index contributed by atoms with van der Waals surface area (Å²) < 4.78 is 37.7. The maximum atomic E-state index is 12.5. The number of methoxy groups -OCH3 is 2. The summed E-state index contributed by atoms with van der Waals surface area (Å²) in [4.78, 5) is 16.5. The van der Waals surface area contributed by atoms with Gasteiger partial charge in [-0.15, -0.1) is 11.3 Å². The Morgan fingerprint density at radius 3 is 2.50 bits per heavy atom. The third-order valence-electron chi connectivity index (χ3n) is 4.15. The fourth-order valence-electron chi connectivity index (χ4n) is 2.63. The molecule has 3 rings (SSSR count). The third kappa shape index (κ3) is 5.49. The number of hydrogen-bond donors (Lipinski definition) is 2. The Morgan fingerprint density at radius 1 is 1.07 bits per heavy atom. The van der Waals surface area contributed by atoms with Crippen LogP contribution in [0.3, 0.4) is 0 Å². The van der Waals surface area contributed by atoms with Crippen LogP contribution in [0.2, 0.25) is 0 Å². The van der Waals surface area contributed by atoms with Gasteiger partial charge < -0.3 is 14.8 Å². The summed E-state index contributed by atoms with van der Waals surface area (Å²) in [6.45, 7) is 0.323. The molecule has 0 radical (unpaired) electrons. The van der Waals surface area contributed by atoms with Crippen molar-refractivity contribution in [2.75, 3.05) is 18.9 Å². The smallest absolute Gasteiger partial charge is 0.263 e. The summed E-state index contributed by atoms with van der Waals surface area (Å²) in [7, 11) is -0.700. The highest BCUT2D eigenvalue weighted by Gasteiger charge is 2.17. The number of nitrogens with zero attached hydrogens (tertiary/aromatic N) is 1. The second-order valence-electron chi connectivity index (χ2n) is 6.19. The summed E-state index contributed by atoms with van der Waals surface area (Å²) in [6, 6.07) is 13.4. The molecule has 8 nitrogen and oxygen atoms in total. The standard InChI is InChI=1S/C20H21N3O5S2/c1-27-16-7-9-17(10-8-16)30(25,26)23-20-22-15(13-29-20)11-19(24)21-12-14-5-3-4-6-18(14)28-2/h3-10,13H,11-12H2,1-2H3,(H,21,24)(H,22,23). The maximum absolute atomic E-state index is 12.5. The predicted molar refractivity (Wildman–Crippen MR) is 114 cm³/mol. The lowest BCUT2D eigenvalue weighted by Gasteiger charge is -2.09. The van der Waals surface area contributed by atoms with E-state index in [-0.39, 0.29) is 22.4 Å². The minimum atomic E-state index is -3.78. The Balaban J connectivity index is 1.58. The van der Waals surface area contributed by atoms with E-state index < -0.39 is 10.0 Å². The van der Waals surface area contributed by atoms with E-state index in [2.05, 4.69) is 15.0 Å². The molecule has 10 heteroatoms. The number of sulfonamides is 1. The monoisotopic (exact) mass is 447 g/mol. The van der Waals surface area contributed by atoms with Crippen molar-refractivity contribution in [3.8, 4) is 11.5 Å². The van der Waals surface area contributed by atoms with Gasteiger partial charge in [0.25, 0.3) is 10.0 Å². The molecular weight excluding hydrogens is 426 g/mol. The average Bonchev–Trinajstić information content (AvgIpc) is 3.18. The number of aromatic nitrogens is 1. The van der Waals surface area contributed by atoms with Crippen LogP contribution < -0.4 is 19.5 Å². The Hall–Kier alpha value is -3.11. The minimum Gasteiger partial charge on any atom is -0.497 e. The number of hydrogen-bond acceptors (Lipinski definition) is 7. The van der Waals surface area contributed by atoms with Gasteiger partial charge in [-0.25, -0.2) is 13.4 Å². The van der Waals surface area contributed by atoms with E-state index in [4.69, 9.17) is 9.47 Å². The number of ether oxygens (including phenoxy) is 2. The molecule has 3 aromatic rings. The SMILES string of the molecule is COc1ccc(S(=O)(=O)Nc2nc(CC(=O)NCc3ccccc3OC)cs2)cc1. The van der Waals surface area contributed by atoms with Gasteiger partial charge in [-0.3, -0.25) is 9.52 Å². The first kappa shape index (κ1) is 21.6. The summed E-state index contributed by atoms with van der Waals surface area (Å²) in [5.41, 5.74) is 1.34. The molecule has 1 heterocycles. The zero-order valence-corrected chi connectivity index (χ0v) is 18.0. The highest BCUT2D eigenvalue weighted by Crippen LogP contribution is 2.22. The van der Waals surface area contributed by atoms with E-state index in [0.29, 0.717) is 23.7 Å². The van der Waals surface area contributed by atoms with Gasteiger partial charge in [0.05, 0.1) is 31.2 Å². The molecule has 0 aliphatic heterocycles. The van der Waals surface area contributed by atoms with Crippen molar-refractivity contribution in [1.29, 1.82) is 0 Å². The van der Waals surface area contributed by atoms with Crippen LogP contribution in [0.1, 0.15) is 11.3 Å². The summed E-state index contributed by atoms with van der Waals surface area (Å²) in [6.07, 6.45) is 0.0376. The van der Waals surface area contributed by atoms with Gasteiger partial charge >= 0.3 is 0 Å². The van der Waals surface area contributed by atoms with E-state index in [1.807, 2.05) is 24.3 Å². The van der Waals surface area contributed by atoms with Gasteiger partial charge in [0.15, 0.2) is 5.13 Å². The number of carbonyl (C=O) groups excluding carboxylic acids is 1. The van der Waals surface area contributed by atoms with E-state index in [9.17, 15) is 13.2 Å². The number of thiazole rings is 1. The Morgan fingerprint density at radius 2 is 1.80 bits per heavy atom. The lowest BCUT2D eigenvalue weighted by molar-refractivity contribution is -0.120. The van der Waals surface area contributed by atoms with Crippen LogP contribution in [0.15, 0.2) is 58.8 Å². The Labute approximate surface area is 178 Å². The zero-order chi connectivity index (χ0) is 21.6. The van der Waals surface area contributed by atoms with E-state index in [1.54, 1.807) is 24.6 Å². The van der Waals surface area contributed by atoms with E-state index >= 15 is 0 Å². The molecule has 0 bridgehead atoms. The number of para-hydroxylation sites is 1. The molecule has 0 unspecified atom stereocenters. The second-order valence-corrected chi connectivity index (χ2v) is 8.73. The van der Waals surface area contributed by atoms with Crippen LogP contribution in [0.5, 0.6) is 11.5 Å². The third-order valence-corrected chi connectivity index (χ3v) is 6.44. The molecule has 1 aromatic heterocycles. The van der Waals surface area contributed by atoms with Crippen molar-refractivity contribution in [3.63, 3.8) is 0 Å². The zero-order valence-electron chi connectivity index (χ0n) is 16.4. The van der Waals surface area contributed by atoms with Crippen LogP contribution in [0, 0.1) is 0 Å². The second kappa shape index (κ2) is 9.59. The van der Waals surface area contributed by atoms with Crippen molar-refractivity contribution in [3.05, 3.63) is 65.2 Å². The first-order chi connectivity index (χ1) is 14.4. The number of carbonyl (C=O) groups is 1. The fourth-order valence-corrected chi connectivity index (χ4v) is 4.60. The van der Waals surface area contributed by atoms with Gasteiger partial charge in [-0.1, -0.05) is 18.2 Å². The normalized spacial score (nSPS) is 11.0.